The van der Waals surface area contributed by atoms with Crippen LogP contribution in [0.3, 0.4) is 0 Å². The number of methoxy groups -OCH3 is 1. The molecule has 0 fully saturated rings. The third-order valence-corrected chi connectivity index (χ3v) is 7.42. The Morgan fingerprint density at radius 3 is 2.43 bits per heavy atom. The number of anilines is 1. The van der Waals surface area contributed by atoms with Crippen LogP contribution in [0, 0.1) is 18.7 Å². The molecule has 5 aromatic rings. The SMILES string of the molecule is COC(=O)Nc1c(C)nc(-c2ccccc2)n(CC(=O)N[C@@H](C(=O)c2nnc(C(C)(C)c3nc4ccc(F)cc4o3)o2)C(C)C)c1=O. The largest absolute Gasteiger partial charge is 0.453 e. The molecule has 0 aliphatic rings. The number of oxazole rings is 1. The summed E-state index contributed by atoms with van der Waals surface area (Å²) < 4.78 is 30.9. The number of halogens is 1. The van der Waals surface area contributed by atoms with Crippen LogP contribution in [0.15, 0.2) is 62.2 Å². The number of nitrogens with zero attached hydrogens (tertiary/aromatic N) is 5. The van der Waals surface area contributed by atoms with Crippen molar-refractivity contribution in [3.63, 3.8) is 0 Å². The van der Waals surface area contributed by atoms with E-state index in [2.05, 4.69) is 35.5 Å². The van der Waals surface area contributed by atoms with E-state index in [0.717, 1.165) is 11.7 Å². The number of hydrogen-bond donors (Lipinski definition) is 2. The topological polar surface area (TPSA) is 184 Å². The minimum atomic E-state index is -1.12. The Morgan fingerprint density at radius 1 is 1.02 bits per heavy atom. The van der Waals surface area contributed by atoms with E-state index in [0.29, 0.717) is 11.1 Å². The summed E-state index contributed by atoms with van der Waals surface area (Å²) in [6.45, 7) is 7.82. The van der Waals surface area contributed by atoms with Crippen LogP contribution in [-0.2, 0) is 21.5 Å². The van der Waals surface area contributed by atoms with Gasteiger partial charge in [-0.15, -0.1) is 10.2 Å². The molecule has 0 bridgehead atoms. The third kappa shape index (κ3) is 6.64. The summed E-state index contributed by atoms with van der Waals surface area (Å²) in [5.41, 5.74) is -0.530. The molecule has 0 aliphatic heterocycles. The maximum absolute atomic E-state index is 13.7. The molecule has 0 aliphatic carbocycles. The lowest BCUT2D eigenvalue weighted by atomic mass is 9.93. The van der Waals surface area contributed by atoms with E-state index < -0.39 is 53.1 Å². The Labute approximate surface area is 267 Å². The van der Waals surface area contributed by atoms with Crippen LogP contribution < -0.4 is 16.2 Å². The number of aromatic nitrogens is 5. The highest BCUT2D eigenvalue weighted by Gasteiger charge is 2.37. The lowest BCUT2D eigenvalue weighted by Gasteiger charge is -2.21. The molecule has 47 heavy (non-hydrogen) atoms. The molecule has 15 heteroatoms. The first kappa shape index (κ1) is 32.7. The van der Waals surface area contributed by atoms with Crippen LogP contribution in [0.1, 0.15) is 55.9 Å². The normalized spacial score (nSPS) is 12.3. The molecule has 14 nitrogen and oxygen atoms in total. The molecule has 0 unspecified atom stereocenters. The van der Waals surface area contributed by atoms with E-state index in [1.54, 1.807) is 65.0 Å². The number of benzene rings is 2. The number of carbonyl (C=O) groups excluding carboxylic acids is 3. The van der Waals surface area contributed by atoms with Gasteiger partial charge in [-0.3, -0.25) is 24.3 Å². The second-order valence-electron chi connectivity index (χ2n) is 11.6. The minimum Gasteiger partial charge on any atom is -0.453 e. The number of nitrogens with one attached hydrogen (secondary N) is 2. The van der Waals surface area contributed by atoms with E-state index in [9.17, 15) is 23.6 Å². The fraction of sp³-hybridized carbons (Fsp3) is 0.312. The van der Waals surface area contributed by atoms with E-state index in [-0.39, 0.29) is 40.5 Å². The Balaban J connectivity index is 1.41. The molecule has 3 aromatic heterocycles. The molecule has 1 atom stereocenters. The van der Waals surface area contributed by atoms with Crippen molar-refractivity contribution < 1.29 is 32.3 Å². The van der Waals surface area contributed by atoms with Gasteiger partial charge in [0, 0.05) is 11.6 Å². The number of ketones is 1. The summed E-state index contributed by atoms with van der Waals surface area (Å²) in [5, 5.41) is 13.0. The summed E-state index contributed by atoms with van der Waals surface area (Å²) in [5.74, 6) is -2.27. The highest BCUT2D eigenvalue weighted by atomic mass is 19.1. The standard InChI is InChI=1S/C32H32FN7O7/c1-16(2)23(25(42)27-38-39-30(47-27)32(4,5)29-35-20-13-12-19(33)14-21(20)46-29)36-22(41)15-40-26(18-10-8-7-9-11-18)34-17(3)24(28(40)43)37-31(44)45-6/h7-14,16,23H,15H2,1-6H3,(H,36,41)(H,37,44)/t23-/m1/s1. The first-order valence-electron chi connectivity index (χ1n) is 14.6. The van der Waals surface area contributed by atoms with Gasteiger partial charge in [0.15, 0.2) is 5.58 Å². The van der Waals surface area contributed by atoms with Crippen molar-refractivity contribution in [1.29, 1.82) is 0 Å². The van der Waals surface area contributed by atoms with E-state index in [4.69, 9.17) is 8.83 Å². The first-order valence-corrected chi connectivity index (χ1v) is 14.6. The fourth-order valence-electron chi connectivity index (χ4n) is 4.78. The Morgan fingerprint density at radius 2 is 1.74 bits per heavy atom. The number of amides is 2. The second-order valence-corrected chi connectivity index (χ2v) is 11.6. The minimum absolute atomic E-state index is 0.0112. The summed E-state index contributed by atoms with van der Waals surface area (Å²) in [4.78, 5) is 61.5. The monoisotopic (exact) mass is 645 g/mol. The molecule has 5 rings (SSSR count). The quantitative estimate of drug-likeness (QED) is 0.205. The molecule has 0 radical (unpaired) electrons. The van der Waals surface area contributed by atoms with Crippen molar-refractivity contribution in [3.8, 4) is 11.4 Å². The molecular weight excluding hydrogens is 613 g/mol. The Hall–Kier alpha value is -5.73. The van der Waals surface area contributed by atoms with Crippen LogP contribution in [0.25, 0.3) is 22.5 Å². The van der Waals surface area contributed by atoms with Crippen molar-refractivity contribution in [2.45, 2.75) is 52.6 Å². The lowest BCUT2D eigenvalue weighted by molar-refractivity contribution is -0.122. The van der Waals surface area contributed by atoms with Crippen molar-refractivity contribution in [2.75, 3.05) is 12.4 Å². The molecule has 3 heterocycles. The Bertz CT molecular complexity index is 2030. The molecule has 2 N–H and O–H groups in total. The highest BCUT2D eigenvalue weighted by molar-refractivity contribution is 5.98. The van der Waals surface area contributed by atoms with Crippen LogP contribution in [0.2, 0.25) is 0 Å². The second kappa shape index (κ2) is 12.9. The molecule has 0 spiro atoms. The summed E-state index contributed by atoms with van der Waals surface area (Å²) >= 11 is 0. The first-order chi connectivity index (χ1) is 22.3. The van der Waals surface area contributed by atoms with Crippen LogP contribution in [0.5, 0.6) is 0 Å². The van der Waals surface area contributed by atoms with Gasteiger partial charge >= 0.3 is 6.09 Å². The summed E-state index contributed by atoms with van der Waals surface area (Å²) in [7, 11) is 1.15. The molecule has 2 amide bonds. The Kier molecular flexibility index (Phi) is 8.99. The number of aryl methyl sites for hydroxylation is 1. The van der Waals surface area contributed by atoms with Crippen LogP contribution >= 0.6 is 0 Å². The molecule has 0 saturated heterocycles. The maximum atomic E-state index is 13.7. The maximum Gasteiger partial charge on any atom is 0.411 e. The van der Waals surface area contributed by atoms with Gasteiger partial charge in [-0.1, -0.05) is 44.2 Å². The number of hydrogen-bond acceptors (Lipinski definition) is 11. The van der Waals surface area contributed by atoms with Gasteiger partial charge in [-0.25, -0.2) is 19.2 Å². The summed E-state index contributed by atoms with van der Waals surface area (Å²) in [6, 6.07) is 11.6. The van der Waals surface area contributed by atoms with Gasteiger partial charge in [-0.2, -0.15) is 0 Å². The third-order valence-electron chi connectivity index (χ3n) is 7.42. The van der Waals surface area contributed by atoms with Gasteiger partial charge in [-0.05, 0) is 38.8 Å². The van der Waals surface area contributed by atoms with E-state index in [1.807, 2.05) is 0 Å². The van der Waals surface area contributed by atoms with E-state index >= 15 is 0 Å². The average molecular weight is 646 g/mol. The number of rotatable bonds is 10. The van der Waals surface area contributed by atoms with Gasteiger partial charge in [0.2, 0.25) is 23.5 Å². The predicted molar refractivity (Wildman–Crippen MR) is 166 cm³/mol. The lowest BCUT2D eigenvalue weighted by Crippen LogP contribution is -2.47. The molecule has 0 saturated carbocycles. The fourth-order valence-corrected chi connectivity index (χ4v) is 4.78. The van der Waals surface area contributed by atoms with Crippen molar-refractivity contribution in [3.05, 3.63) is 88.1 Å². The van der Waals surface area contributed by atoms with Crippen LogP contribution in [-0.4, -0.2) is 55.7 Å². The highest BCUT2D eigenvalue weighted by Crippen LogP contribution is 2.32. The van der Waals surface area contributed by atoms with Crippen LogP contribution in [0.4, 0.5) is 14.9 Å². The number of carbonyl (C=O) groups is 3. The van der Waals surface area contributed by atoms with E-state index in [1.165, 1.54) is 18.2 Å². The smallest absolute Gasteiger partial charge is 0.411 e. The van der Waals surface area contributed by atoms with Crippen molar-refractivity contribution in [1.82, 2.24) is 30.0 Å². The summed E-state index contributed by atoms with van der Waals surface area (Å²) in [6.07, 6.45) is -0.881. The molecule has 2 aromatic carbocycles. The predicted octanol–water partition coefficient (Wildman–Crippen LogP) is 4.41. The van der Waals surface area contributed by atoms with Crippen molar-refractivity contribution in [2.24, 2.45) is 5.92 Å². The zero-order valence-electron chi connectivity index (χ0n) is 26.5. The zero-order valence-corrected chi connectivity index (χ0v) is 26.5. The average Bonchev–Trinajstić information content (AvgIpc) is 3.72. The number of fused-ring (bicyclic) bond motifs is 1. The van der Waals surface area contributed by atoms with Gasteiger partial charge in [0.05, 0.1) is 18.8 Å². The number of Topliss-reactive ketones (excluding diaryl/α,β-unsaturated/α-hetero) is 1. The van der Waals surface area contributed by atoms with Gasteiger partial charge in [0.1, 0.15) is 34.8 Å². The number of ether oxygens (including phenoxy) is 1. The van der Waals surface area contributed by atoms with Gasteiger partial charge in [0.25, 0.3) is 11.4 Å². The van der Waals surface area contributed by atoms with Gasteiger partial charge < -0.3 is 18.9 Å². The van der Waals surface area contributed by atoms with Crippen molar-refractivity contribution >= 4 is 34.6 Å². The molecule has 244 valence electrons. The zero-order chi connectivity index (χ0) is 34.0. The molecular formula is C32H32FN7O7.